The summed E-state index contributed by atoms with van der Waals surface area (Å²) in [6.07, 6.45) is 2.13. The van der Waals surface area contributed by atoms with Gasteiger partial charge in [0, 0.05) is 0 Å². The van der Waals surface area contributed by atoms with Gasteiger partial charge in [-0.25, -0.2) is 4.39 Å². The van der Waals surface area contributed by atoms with Crippen LogP contribution in [0, 0.1) is 5.82 Å². The fourth-order valence-corrected chi connectivity index (χ4v) is 0.775. The summed E-state index contributed by atoms with van der Waals surface area (Å²) in [6.45, 7) is 0. The smallest absolute Gasteiger partial charge is 0.123 e. The van der Waals surface area contributed by atoms with Crippen LogP contribution in [-0.4, -0.2) is 5.97 Å². The monoisotopic (exact) mass is 165 g/mol. The third kappa shape index (κ3) is 2.54. The van der Waals surface area contributed by atoms with Crippen molar-refractivity contribution in [2.75, 3.05) is 0 Å². The standard InChI is InChI=1S/C9H7FO2/c10-8-3-1-2-7(6-8)4-5-9(11)12/h1-6H,(H,11,12)/p-1/b5-4+. The molecule has 0 N–H and O–H groups in total. The maximum absolute atomic E-state index is 12.5. The summed E-state index contributed by atoms with van der Waals surface area (Å²) in [7, 11) is 0. The van der Waals surface area contributed by atoms with Gasteiger partial charge in [0.25, 0.3) is 0 Å². The third-order valence-corrected chi connectivity index (χ3v) is 1.26. The minimum absolute atomic E-state index is 0.393. The SMILES string of the molecule is O=C([O-])/C=C/c1cccc(F)c1. The molecule has 0 fully saturated rings. The van der Waals surface area contributed by atoms with Gasteiger partial charge in [0.05, 0.1) is 5.97 Å². The Morgan fingerprint density at radius 3 is 2.83 bits per heavy atom. The fourth-order valence-electron chi connectivity index (χ4n) is 0.775. The first kappa shape index (κ1) is 8.46. The highest BCUT2D eigenvalue weighted by Crippen LogP contribution is 2.04. The van der Waals surface area contributed by atoms with Gasteiger partial charge in [-0.1, -0.05) is 18.2 Å². The van der Waals surface area contributed by atoms with Crippen LogP contribution in [-0.2, 0) is 4.79 Å². The molecular formula is C9H6FO2-. The second-order valence-electron chi connectivity index (χ2n) is 2.21. The van der Waals surface area contributed by atoms with Crippen LogP contribution in [0.5, 0.6) is 0 Å². The lowest BCUT2D eigenvalue weighted by Crippen LogP contribution is -2.18. The Morgan fingerprint density at radius 2 is 2.25 bits per heavy atom. The molecule has 0 spiro atoms. The van der Waals surface area contributed by atoms with Crippen LogP contribution in [0.25, 0.3) is 6.08 Å². The number of carboxylic acid groups (broad SMARTS) is 1. The Labute approximate surface area is 69.0 Å². The first-order chi connectivity index (χ1) is 5.68. The molecule has 12 heavy (non-hydrogen) atoms. The van der Waals surface area contributed by atoms with Gasteiger partial charge in [-0.2, -0.15) is 0 Å². The minimum Gasteiger partial charge on any atom is -0.545 e. The summed E-state index contributed by atoms with van der Waals surface area (Å²) in [6, 6.07) is 5.63. The largest absolute Gasteiger partial charge is 0.545 e. The Balaban J connectivity index is 2.83. The van der Waals surface area contributed by atoms with Crippen LogP contribution in [0.15, 0.2) is 30.3 Å². The highest BCUT2D eigenvalue weighted by molar-refractivity contribution is 5.83. The number of carbonyl (C=O) groups is 1. The van der Waals surface area contributed by atoms with Gasteiger partial charge >= 0.3 is 0 Å². The first-order valence-electron chi connectivity index (χ1n) is 3.33. The van der Waals surface area contributed by atoms with Crippen LogP contribution in [0.3, 0.4) is 0 Å². The molecule has 0 saturated carbocycles. The van der Waals surface area contributed by atoms with E-state index in [1.54, 1.807) is 6.07 Å². The number of rotatable bonds is 2. The van der Waals surface area contributed by atoms with E-state index < -0.39 is 11.8 Å². The zero-order chi connectivity index (χ0) is 8.97. The average molecular weight is 165 g/mol. The van der Waals surface area contributed by atoms with Crippen molar-refractivity contribution >= 4 is 12.0 Å². The molecule has 0 saturated heterocycles. The predicted octanol–water partition coefficient (Wildman–Crippen LogP) is 0.589. The molecule has 0 atom stereocenters. The number of hydrogen-bond acceptors (Lipinski definition) is 2. The van der Waals surface area contributed by atoms with Crippen molar-refractivity contribution in [3.05, 3.63) is 41.7 Å². The zero-order valence-corrected chi connectivity index (χ0v) is 6.16. The van der Waals surface area contributed by atoms with E-state index in [1.165, 1.54) is 24.3 Å². The molecule has 1 aromatic carbocycles. The van der Waals surface area contributed by atoms with Crippen LogP contribution in [0.2, 0.25) is 0 Å². The summed E-state index contributed by atoms with van der Waals surface area (Å²) in [4.78, 5) is 9.97. The number of halogens is 1. The van der Waals surface area contributed by atoms with E-state index in [9.17, 15) is 14.3 Å². The molecule has 0 aliphatic carbocycles. The molecule has 0 amide bonds. The van der Waals surface area contributed by atoms with E-state index in [4.69, 9.17) is 0 Å². The summed E-state index contributed by atoms with van der Waals surface area (Å²) < 4.78 is 12.5. The highest BCUT2D eigenvalue weighted by atomic mass is 19.1. The Kier molecular flexibility index (Phi) is 2.58. The second-order valence-corrected chi connectivity index (χ2v) is 2.21. The number of benzene rings is 1. The van der Waals surface area contributed by atoms with Crippen molar-refractivity contribution in [3.8, 4) is 0 Å². The maximum Gasteiger partial charge on any atom is 0.123 e. The lowest BCUT2D eigenvalue weighted by atomic mass is 10.2. The predicted molar refractivity (Wildman–Crippen MR) is 40.4 cm³/mol. The summed E-state index contributed by atoms with van der Waals surface area (Å²) in [5.74, 6) is -1.69. The van der Waals surface area contributed by atoms with Crippen molar-refractivity contribution in [1.29, 1.82) is 0 Å². The van der Waals surface area contributed by atoms with Gasteiger partial charge in [0.15, 0.2) is 0 Å². The molecule has 0 aliphatic heterocycles. The van der Waals surface area contributed by atoms with E-state index in [0.29, 0.717) is 5.56 Å². The Hall–Kier alpha value is -1.64. The van der Waals surface area contributed by atoms with Crippen molar-refractivity contribution in [3.63, 3.8) is 0 Å². The lowest BCUT2D eigenvalue weighted by molar-refractivity contribution is -0.297. The van der Waals surface area contributed by atoms with Crippen LogP contribution < -0.4 is 5.11 Å². The highest BCUT2D eigenvalue weighted by Gasteiger charge is 1.88. The average Bonchev–Trinajstić information content (AvgIpc) is 2.01. The fraction of sp³-hybridized carbons (Fsp3) is 0. The second kappa shape index (κ2) is 3.67. The number of carboxylic acids is 1. The molecule has 2 nitrogen and oxygen atoms in total. The minimum atomic E-state index is -1.29. The number of hydrogen-bond donors (Lipinski definition) is 0. The van der Waals surface area contributed by atoms with Gasteiger partial charge < -0.3 is 9.90 Å². The molecule has 0 aromatic heterocycles. The summed E-state index contributed by atoms with van der Waals surface area (Å²) in [5.41, 5.74) is 0.499. The van der Waals surface area contributed by atoms with E-state index in [1.807, 2.05) is 0 Å². The van der Waals surface area contributed by atoms with E-state index >= 15 is 0 Å². The zero-order valence-electron chi connectivity index (χ0n) is 6.16. The topological polar surface area (TPSA) is 40.1 Å². The van der Waals surface area contributed by atoms with E-state index in [2.05, 4.69) is 0 Å². The van der Waals surface area contributed by atoms with Crippen molar-refractivity contribution < 1.29 is 14.3 Å². The van der Waals surface area contributed by atoms with Gasteiger partial charge in [-0.3, -0.25) is 0 Å². The van der Waals surface area contributed by atoms with Crippen molar-refractivity contribution in [2.24, 2.45) is 0 Å². The van der Waals surface area contributed by atoms with Gasteiger partial charge in [0.1, 0.15) is 5.82 Å². The molecule has 3 heteroatoms. The molecule has 0 aliphatic rings. The summed E-state index contributed by atoms with van der Waals surface area (Å²) in [5, 5.41) is 9.97. The lowest BCUT2D eigenvalue weighted by Gasteiger charge is -1.93. The first-order valence-corrected chi connectivity index (χ1v) is 3.33. The molecule has 62 valence electrons. The quantitative estimate of drug-likeness (QED) is 0.601. The number of aliphatic carboxylic acids is 1. The number of carbonyl (C=O) groups excluding carboxylic acids is 1. The summed E-state index contributed by atoms with van der Waals surface area (Å²) >= 11 is 0. The Bertz CT molecular complexity index is 318. The van der Waals surface area contributed by atoms with Crippen molar-refractivity contribution in [1.82, 2.24) is 0 Å². The van der Waals surface area contributed by atoms with Crippen LogP contribution in [0.1, 0.15) is 5.56 Å². The maximum atomic E-state index is 12.5. The van der Waals surface area contributed by atoms with Crippen molar-refractivity contribution in [2.45, 2.75) is 0 Å². The van der Waals surface area contributed by atoms with Gasteiger partial charge in [-0.15, -0.1) is 0 Å². The Morgan fingerprint density at radius 1 is 1.50 bits per heavy atom. The molecule has 1 aromatic rings. The molecule has 1 rings (SSSR count). The van der Waals surface area contributed by atoms with Gasteiger partial charge in [0.2, 0.25) is 0 Å². The van der Waals surface area contributed by atoms with Gasteiger partial charge in [-0.05, 0) is 23.8 Å². The molecule has 0 bridgehead atoms. The van der Waals surface area contributed by atoms with E-state index in [-0.39, 0.29) is 0 Å². The third-order valence-electron chi connectivity index (χ3n) is 1.26. The van der Waals surface area contributed by atoms with E-state index in [0.717, 1.165) is 6.08 Å². The molecule has 0 radical (unpaired) electrons. The molecular weight excluding hydrogens is 159 g/mol. The van der Waals surface area contributed by atoms with Crippen LogP contribution >= 0.6 is 0 Å². The normalized spacial score (nSPS) is 10.4. The molecule has 0 unspecified atom stereocenters. The van der Waals surface area contributed by atoms with Crippen LogP contribution in [0.4, 0.5) is 4.39 Å². The molecule has 0 heterocycles.